The van der Waals surface area contributed by atoms with Gasteiger partial charge in [-0.25, -0.2) is 23.2 Å². The van der Waals surface area contributed by atoms with Gasteiger partial charge in [0.05, 0.1) is 39.5 Å². The maximum atomic E-state index is 13.5. The van der Waals surface area contributed by atoms with E-state index in [0.29, 0.717) is 60.0 Å². The van der Waals surface area contributed by atoms with Gasteiger partial charge in [-0.2, -0.15) is 0 Å². The summed E-state index contributed by atoms with van der Waals surface area (Å²) in [6, 6.07) is 15.5. The molecule has 0 unspecified atom stereocenters. The molecule has 0 radical (unpaired) electrons. The molecule has 2 fully saturated rings. The third-order valence-electron chi connectivity index (χ3n) is 8.33. The minimum absolute atomic E-state index is 0.0515. The minimum Gasteiger partial charge on any atom is -0.444 e. The molecule has 244 valence electrons. The van der Waals surface area contributed by atoms with Gasteiger partial charge in [-0.1, -0.05) is 12.1 Å². The van der Waals surface area contributed by atoms with Crippen LogP contribution in [0.2, 0.25) is 0 Å². The van der Waals surface area contributed by atoms with Gasteiger partial charge in [0.15, 0.2) is 9.84 Å². The first-order valence-corrected chi connectivity index (χ1v) is 17.1. The first kappa shape index (κ1) is 32.0. The Hall–Kier alpha value is -4.91. The predicted octanol–water partition coefficient (Wildman–Crippen LogP) is 4.31. The largest absolute Gasteiger partial charge is 0.444 e. The highest BCUT2D eigenvalue weighted by Crippen LogP contribution is 2.42. The van der Waals surface area contributed by atoms with Gasteiger partial charge in [0, 0.05) is 43.0 Å². The van der Waals surface area contributed by atoms with E-state index in [1.54, 1.807) is 47.2 Å². The summed E-state index contributed by atoms with van der Waals surface area (Å²) in [6.07, 6.45) is 3.00. The van der Waals surface area contributed by atoms with Gasteiger partial charge >= 0.3 is 6.09 Å². The highest BCUT2D eigenvalue weighted by atomic mass is 32.2. The molecule has 0 saturated carbocycles. The fourth-order valence-corrected chi connectivity index (χ4v) is 6.89. The smallest absolute Gasteiger partial charge is 0.410 e. The van der Waals surface area contributed by atoms with E-state index in [1.165, 1.54) is 6.07 Å². The average Bonchev–Trinajstić information content (AvgIpc) is 3.34. The molecule has 3 aromatic heterocycles. The zero-order valence-corrected chi connectivity index (χ0v) is 27.7. The molecule has 12 nitrogen and oxygen atoms in total. The van der Waals surface area contributed by atoms with Crippen molar-refractivity contribution in [1.82, 2.24) is 25.2 Å². The van der Waals surface area contributed by atoms with E-state index in [0.717, 1.165) is 11.6 Å². The van der Waals surface area contributed by atoms with Crippen molar-refractivity contribution < 1.29 is 27.5 Å². The molecular weight excluding hydrogens is 620 g/mol. The summed E-state index contributed by atoms with van der Waals surface area (Å²) in [5.41, 5.74) is 2.01. The second-order valence-corrected chi connectivity index (χ2v) is 15.2. The second-order valence-electron chi connectivity index (χ2n) is 13.2. The number of nitrogens with one attached hydrogen (secondary N) is 1. The molecule has 1 N–H and O–H groups in total. The van der Waals surface area contributed by atoms with Crippen LogP contribution in [-0.4, -0.2) is 77.7 Å². The van der Waals surface area contributed by atoms with Crippen molar-refractivity contribution in [3.05, 3.63) is 77.6 Å². The van der Waals surface area contributed by atoms with Crippen molar-refractivity contribution >= 4 is 44.5 Å². The Morgan fingerprint density at radius 1 is 1.02 bits per heavy atom. The second kappa shape index (κ2) is 11.7. The lowest BCUT2D eigenvalue weighted by molar-refractivity contribution is -0.134. The number of hydrogen-bond donors (Lipinski definition) is 1. The lowest BCUT2D eigenvalue weighted by Gasteiger charge is -2.46. The van der Waals surface area contributed by atoms with Crippen LogP contribution in [0.1, 0.15) is 48.8 Å². The maximum absolute atomic E-state index is 13.5. The third kappa shape index (κ3) is 6.53. The predicted molar refractivity (Wildman–Crippen MR) is 175 cm³/mol. The van der Waals surface area contributed by atoms with Crippen LogP contribution in [0.5, 0.6) is 0 Å². The molecule has 0 aliphatic carbocycles. The van der Waals surface area contributed by atoms with E-state index in [9.17, 15) is 22.8 Å². The fourth-order valence-electron chi connectivity index (χ4n) is 5.90. The molecule has 5 heterocycles. The van der Waals surface area contributed by atoms with Crippen molar-refractivity contribution in [2.24, 2.45) is 5.41 Å². The number of ether oxygens (including phenoxy) is 1. The van der Waals surface area contributed by atoms with Crippen LogP contribution in [0.3, 0.4) is 0 Å². The quantitative estimate of drug-likeness (QED) is 0.320. The van der Waals surface area contributed by atoms with Crippen LogP contribution >= 0.6 is 0 Å². The Morgan fingerprint density at radius 2 is 1.77 bits per heavy atom. The number of pyridine rings is 3. The summed E-state index contributed by atoms with van der Waals surface area (Å²) in [5.74, 6) is 0.0526. The molecule has 1 spiro atoms. The molecule has 0 bridgehead atoms. The van der Waals surface area contributed by atoms with Gasteiger partial charge in [-0.15, -0.1) is 0 Å². The summed E-state index contributed by atoms with van der Waals surface area (Å²) < 4.78 is 29.6. The number of anilines is 1. The number of aryl methyl sites for hydroxylation is 1. The van der Waals surface area contributed by atoms with Gasteiger partial charge < -0.3 is 15.0 Å². The number of likely N-dealkylation sites (tertiary alicyclic amines) is 1. The standard InChI is InChI=1S/C34H36N6O6S/c1-21-9-10-22(15-28(21)47(5,44)45)30(41)36-18-24-16-27-23(17-35-24)11-12-26(37-27)25-7-6-8-29(38-25)40-14-13-34(31(40)42)19-39(20-34)32(43)46-33(2,3)4/h6-12,15-17H,13-14,18-20H2,1-5H3,(H,36,41). The SMILES string of the molecule is Cc1ccc(C(=O)NCc2cc3nc(-c4cccc(N5CCC6(CN(C(=O)OC(C)(C)C)C6)C5=O)n4)ccc3cn2)cc1S(C)(=O)=O. The van der Waals surface area contributed by atoms with Crippen molar-refractivity contribution in [3.63, 3.8) is 0 Å². The molecule has 2 aliphatic rings. The van der Waals surface area contributed by atoms with Gasteiger partial charge in [-0.3, -0.25) is 19.5 Å². The highest BCUT2D eigenvalue weighted by Gasteiger charge is 2.57. The lowest BCUT2D eigenvalue weighted by atomic mass is 9.78. The number of aromatic nitrogens is 3. The van der Waals surface area contributed by atoms with Gasteiger partial charge in [0.2, 0.25) is 5.91 Å². The van der Waals surface area contributed by atoms with Crippen molar-refractivity contribution in [2.75, 3.05) is 30.8 Å². The molecule has 4 aromatic rings. The molecule has 0 atom stereocenters. The van der Waals surface area contributed by atoms with Gasteiger partial charge in [0.1, 0.15) is 11.4 Å². The van der Waals surface area contributed by atoms with Gasteiger partial charge in [-0.05, 0) is 82.1 Å². The Bertz CT molecular complexity index is 2030. The number of rotatable bonds is 6. The van der Waals surface area contributed by atoms with Gasteiger partial charge in [0.25, 0.3) is 5.91 Å². The molecule has 2 aliphatic heterocycles. The van der Waals surface area contributed by atoms with Crippen molar-refractivity contribution in [3.8, 4) is 11.4 Å². The maximum Gasteiger partial charge on any atom is 0.410 e. The molecule has 2 saturated heterocycles. The van der Waals surface area contributed by atoms with Crippen LogP contribution in [0.25, 0.3) is 22.3 Å². The fraction of sp³-hybridized carbons (Fsp3) is 0.353. The first-order chi connectivity index (χ1) is 22.1. The normalized spacial score (nSPS) is 16.0. The van der Waals surface area contributed by atoms with Crippen LogP contribution in [-0.2, 0) is 25.9 Å². The van der Waals surface area contributed by atoms with Crippen LogP contribution in [0, 0.1) is 12.3 Å². The van der Waals surface area contributed by atoms with E-state index in [2.05, 4.69) is 10.3 Å². The lowest BCUT2D eigenvalue weighted by Crippen LogP contribution is -2.62. The number of amides is 3. The van der Waals surface area contributed by atoms with E-state index in [1.807, 2.05) is 45.0 Å². The number of carbonyl (C=O) groups excluding carboxylic acids is 3. The number of nitrogens with zero attached hydrogens (tertiary/aromatic N) is 5. The summed E-state index contributed by atoms with van der Waals surface area (Å²) in [6.45, 7) is 8.39. The summed E-state index contributed by atoms with van der Waals surface area (Å²) in [5, 5.41) is 3.60. The van der Waals surface area contributed by atoms with E-state index < -0.39 is 32.9 Å². The number of benzene rings is 1. The monoisotopic (exact) mass is 656 g/mol. The summed E-state index contributed by atoms with van der Waals surface area (Å²) >= 11 is 0. The van der Waals surface area contributed by atoms with E-state index >= 15 is 0 Å². The van der Waals surface area contributed by atoms with Crippen molar-refractivity contribution in [2.45, 2.75) is 51.2 Å². The number of hydrogen-bond acceptors (Lipinski definition) is 9. The summed E-state index contributed by atoms with van der Waals surface area (Å²) in [7, 11) is -3.47. The molecule has 13 heteroatoms. The Morgan fingerprint density at radius 3 is 2.49 bits per heavy atom. The molecular formula is C34H36N6O6S. The third-order valence-corrected chi connectivity index (χ3v) is 9.57. The molecule has 3 amide bonds. The number of sulfone groups is 1. The van der Waals surface area contributed by atoms with Crippen molar-refractivity contribution in [1.29, 1.82) is 0 Å². The van der Waals surface area contributed by atoms with Crippen LogP contribution in [0.15, 0.2) is 65.7 Å². The first-order valence-electron chi connectivity index (χ1n) is 15.2. The highest BCUT2D eigenvalue weighted by molar-refractivity contribution is 7.90. The van der Waals surface area contributed by atoms with Crippen LogP contribution < -0.4 is 10.2 Å². The van der Waals surface area contributed by atoms with Crippen LogP contribution in [0.4, 0.5) is 10.6 Å². The Kier molecular flexibility index (Phi) is 7.99. The minimum atomic E-state index is -3.47. The Labute approximate surface area is 273 Å². The molecule has 1 aromatic carbocycles. The van der Waals surface area contributed by atoms with E-state index in [4.69, 9.17) is 14.7 Å². The number of carbonyl (C=O) groups is 3. The molecule has 47 heavy (non-hydrogen) atoms. The topological polar surface area (TPSA) is 152 Å². The number of fused-ring (bicyclic) bond motifs is 1. The average molecular weight is 657 g/mol. The summed E-state index contributed by atoms with van der Waals surface area (Å²) in [4.78, 5) is 56.2. The molecule has 6 rings (SSSR count). The Balaban J connectivity index is 1.15. The van der Waals surface area contributed by atoms with E-state index in [-0.39, 0.29) is 22.9 Å². The zero-order chi connectivity index (χ0) is 33.7. The zero-order valence-electron chi connectivity index (χ0n) is 26.9.